The van der Waals surface area contributed by atoms with Crippen LogP contribution in [0.1, 0.15) is 16.6 Å². The van der Waals surface area contributed by atoms with Crippen LogP contribution < -0.4 is 4.72 Å². The number of nitrogens with one attached hydrogen (secondary N) is 1. The summed E-state index contributed by atoms with van der Waals surface area (Å²) in [7, 11) is -7.97. The number of hydrogen-bond acceptors (Lipinski definition) is 5. The predicted octanol–water partition coefficient (Wildman–Crippen LogP) is 3.22. The van der Waals surface area contributed by atoms with E-state index >= 15 is 0 Å². The second-order valence-corrected chi connectivity index (χ2v) is 10.1. The van der Waals surface area contributed by atoms with Crippen molar-refractivity contribution in [1.82, 2.24) is 4.72 Å². The van der Waals surface area contributed by atoms with Gasteiger partial charge in [-0.15, -0.1) is 0 Å². The zero-order valence-electron chi connectivity index (χ0n) is 14.9. The van der Waals surface area contributed by atoms with Gasteiger partial charge in [-0.25, -0.2) is 25.9 Å². The first-order valence-corrected chi connectivity index (χ1v) is 11.3. The van der Waals surface area contributed by atoms with Crippen LogP contribution in [0.5, 0.6) is 0 Å². The Kier molecular flexibility index (Phi) is 5.69. The van der Waals surface area contributed by atoms with Gasteiger partial charge in [0.25, 0.3) is 0 Å². The minimum Gasteiger partial charge on any atom is -0.468 e. The van der Waals surface area contributed by atoms with Gasteiger partial charge in [-0.3, -0.25) is 0 Å². The summed E-state index contributed by atoms with van der Waals surface area (Å²) in [6.07, 6.45) is 1.30. The summed E-state index contributed by atoms with van der Waals surface area (Å²) < 4.78 is 71.8. The van der Waals surface area contributed by atoms with Crippen molar-refractivity contribution in [3.05, 3.63) is 84.1 Å². The fourth-order valence-electron chi connectivity index (χ4n) is 2.61. The number of furan rings is 1. The highest BCUT2D eigenvalue weighted by molar-refractivity contribution is 7.92. The van der Waals surface area contributed by atoms with E-state index in [2.05, 4.69) is 4.72 Å². The first-order chi connectivity index (χ1) is 13.2. The van der Waals surface area contributed by atoms with Gasteiger partial charge in [0.1, 0.15) is 16.8 Å². The first-order valence-electron chi connectivity index (χ1n) is 8.29. The van der Waals surface area contributed by atoms with Gasteiger partial charge in [-0.2, -0.15) is 0 Å². The maximum atomic E-state index is 13.2. The van der Waals surface area contributed by atoms with Crippen LogP contribution >= 0.6 is 0 Å². The topological polar surface area (TPSA) is 93.4 Å². The molecule has 1 aromatic heterocycles. The lowest BCUT2D eigenvalue weighted by Crippen LogP contribution is -2.31. The Morgan fingerprint density at radius 2 is 1.54 bits per heavy atom. The molecule has 0 aliphatic carbocycles. The Bertz CT molecular complexity index is 1140. The third-order valence-corrected chi connectivity index (χ3v) is 7.68. The molecule has 6 nitrogen and oxygen atoms in total. The summed E-state index contributed by atoms with van der Waals surface area (Å²) >= 11 is 0. The van der Waals surface area contributed by atoms with E-state index < -0.39 is 37.5 Å². The summed E-state index contributed by atoms with van der Waals surface area (Å²) in [5.74, 6) is -0.496. The fraction of sp³-hybridized carbons (Fsp3) is 0.158. The lowest BCUT2D eigenvalue weighted by Gasteiger charge is -2.17. The molecule has 0 amide bonds. The standard InChI is InChI=1S/C19H18FNO5S2/c1-14-4-8-17(9-5-14)28(24,25)21-13-19(18-3-2-12-26-18)27(22,23)16-10-6-15(20)7-11-16/h2-12,19,21H,13H2,1H3/t19-/m0/s1. The van der Waals surface area contributed by atoms with Gasteiger partial charge in [0, 0.05) is 6.54 Å². The maximum absolute atomic E-state index is 13.2. The van der Waals surface area contributed by atoms with Crippen LogP contribution in [0, 0.1) is 12.7 Å². The SMILES string of the molecule is Cc1ccc(S(=O)(=O)NC[C@@H](c2ccco2)S(=O)(=O)c2ccc(F)cc2)cc1. The zero-order chi connectivity index (χ0) is 20.4. The van der Waals surface area contributed by atoms with Gasteiger partial charge in [-0.05, 0) is 55.5 Å². The molecule has 0 spiro atoms. The monoisotopic (exact) mass is 423 g/mol. The smallest absolute Gasteiger partial charge is 0.240 e. The summed E-state index contributed by atoms with van der Waals surface area (Å²) in [4.78, 5) is -0.111. The van der Waals surface area contributed by atoms with Gasteiger partial charge in [0.15, 0.2) is 9.84 Å². The van der Waals surface area contributed by atoms with Crippen molar-refractivity contribution in [2.24, 2.45) is 0 Å². The van der Waals surface area contributed by atoms with Crippen molar-refractivity contribution in [2.75, 3.05) is 6.54 Å². The molecule has 0 aliphatic heterocycles. The minimum absolute atomic E-state index is 0.0236. The number of hydrogen-bond donors (Lipinski definition) is 1. The molecular weight excluding hydrogens is 405 g/mol. The van der Waals surface area contributed by atoms with Crippen molar-refractivity contribution in [2.45, 2.75) is 22.0 Å². The Morgan fingerprint density at radius 3 is 2.11 bits per heavy atom. The van der Waals surface area contributed by atoms with E-state index in [1.54, 1.807) is 12.1 Å². The van der Waals surface area contributed by atoms with E-state index in [0.29, 0.717) is 0 Å². The van der Waals surface area contributed by atoms with Crippen LogP contribution in [0.25, 0.3) is 0 Å². The lowest BCUT2D eigenvalue weighted by molar-refractivity contribution is 0.486. The predicted molar refractivity (Wildman–Crippen MR) is 101 cm³/mol. The number of halogens is 1. The van der Waals surface area contributed by atoms with Gasteiger partial charge in [0.2, 0.25) is 10.0 Å². The minimum atomic E-state index is -4.04. The number of rotatable bonds is 7. The van der Waals surface area contributed by atoms with Gasteiger partial charge >= 0.3 is 0 Å². The molecule has 0 fully saturated rings. The molecule has 3 rings (SSSR count). The molecule has 0 radical (unpaired) electrons. The van der Waals surface area contributed by atoms with Crippen LogP contribution in [0.4, 0.5) is 4.39 Å². The molecule has 0 saturated carbocycles. The normalized spacial score (nSPS) is 13.4. The molecule has 1 atom stereocenters. The highest BCUT2D eigenvalue weighted by Gasteiger charge is 2.33. The highest BCUT2D eigenvalue weighted by Crippen LogP contribution is 2.29. The van der Waals surface area contributed by atoms with E-state index in [9.17, 15) is 21.2 Å². The van der Waals surface area contributed by atoms with Crippen LogP contribution in [0.2, 0.25) is 0 Å². The molecule has 9 heteroatoms. The summed E-state index contributed by atoms with van der Waals surface area (Å²) in [5.41, 5.74) is 0.895. The molecule has 3 aromatic rings. The molecule has 1 N–H and O–H groups in total. The van der Waals surface area contributed by atoms with Crippen LogP contribution in [-0.2, 0) is 19.9 Å². The van der Waals surface area contributed by atoms with Crippen molar-refractivity contribution in [3.8, 4) is 0 Å². The Hall–Kier alpha value is -2.49. The van der Waals surface area contributed by atoms with Gasteiger partial charge in [0.05, 0.1) is 16.1 Å². The molecule has 1 heterocycles. The number of sulfone groups is 1. The molecular formula is C19H18FNO5S2. The Labute approximate surface area is 163 Å². The number of sulfonamides is 1. The van der Waals surface area contributed by atoms with Crippen molar-refractivity contribution in [1.29, 1.82) is 0 Å². The molecule has 0 bridgehead atoms. The molecule has 28 heavy (non-hydrogen) atoms. The molecule has 2 aromatic carbocycles. The van der Waals surface area contributed by atoms with Gasteiger partial charge < -0.3 is 4.42 Å². The highest BCUT2D eigenvalue weighted by atomic mass is 32.2. The maximum Gasteiger partial charge on any atom is 0.240 e. The first kappa shape index (κ1) is 20.2. The van der Waals surface area contributed by atoms with Crippen molar-refractivity contribution < 1.29 is 25.6 Å². The number of benzene rings is 2. The Balaban J connectivity index is 1.91. The quantitative estimate of drug-likeness (QED) is 0.589. The second kappa shape index (κ2) is 7.86. The summed E-state index contributed by atoms with van der Waals surface area (Å²) in [6, 6.07) is 13.5. The molecule has 148 valence electrons. The van der Waals surface area contributed by atoms with E-state index in [1.807, 2.05) is 6.92 Å². The second-order valence-electron chi connectivity index (χ2n) is 6.17. The molecule has 0 aliphatic rings. The van der Waals surface area contributed by atoms with Gasteiger partial charge in [-0.1, -0.05) is 17.7 Å². The van der Waals surface area contributed by atoms with Crippen LogP contribution in [-0.4, -0.2) is 23.4 Å². The fourth-order valence-corrected chi connectivity index (χ4v) is 5.35. The largest absolute Gasteiger partial charge is 0.468 e. The van der Waals surface area contributed by atoms with E-state index in [1.165, 1.54) is 30.5 Å². The average molecular weight is 423 g/mol. The van der Waals surface area contributed by atoms with E-state index in [4.69, 9.17) is 4.42 Å². The molecule has 0 saturated heterocycles. The summed E-state index contributed by atoms with van der Waals surface area (Å²) in [5, 5.41) is -1.31. The third kappa shape index (κ3) is 4.32. The Morgan fingerprint density at radius 1 is 0.929 bits per heavy atom. The summed E-state index contributed by atoms with van der Waals surface area (Å²) in [6.45, 7) is 1.38. The van der Waals surface area contributed by atoms with Crippen LogP contribution in [0.3, 0.4) is 0 Å². The van der Waals surface area contributed by atoms with E-state index in [-0.39, 0.29) is 15.6 Å². The van der Waals surface area contributed by atoms with Crippen molar-refractivity contribution in [3.63, 3.8) is 0 Å². The van der Waals surface area contributed by atoms with E-state index in [0.717, 1.165) is 29.8 Å². The third-order valence-electron chi connectivity index (χ3n) is 4.17. The zero-order valence-corrected chi connectivity index (χ0v) is 16.5. The van der Waals surface area contributed by atoms with Crippen LogP contribution in [0.15, 0.2) is 81.1 Å². The van der Waals surface area contributed by atoms with Crippen molar-refractivity contribution >= 4 is 19.9 Å². The number of aryl methyl sites for hydroxylation is 1. The average Bonchev–Trinajstić information content (AvgIpc) is 3.16. The lowest BCUT2D eigenvalue weighted by atomic mass is 10.2. The molecule has 0 unspecified atom stereocenters.